The maximum Gasteiger partial charge on any atom is 0.514 e. The molecule has 0 bridgehead atoms. The van der Waals surface area contributed by atoms with Gasteiger partial charge in [0.1, 0.15) is 12.1 Å². The Bertz CT molecular complexity index is 1240. The third-order valence-electron chi connectivity index (χ3n) is 6.77. The Morgan fingerprint density at radius 1 is 1.07 bits per heavy atom. The number of hydrogen-bond donors (Lipinski definition) is 3. The number of nitrogens with zero attached hydrogens (tertiary/aromatic N) is 1. The van der Waals surface area contributed by atoms with Crippen LogP contribution in [0.5, 0.6) is 11.5 Å². The van der Waals surface area contributed by atoms with E-state index in [-0.39, 0.29) is 36.1 Å². The van der Waals surface area contributed by atoms with E-state index in [0.717, 1.165) is 5.56 Å². The van der Waals surface area contributed by atoms with Crippen LogP contribution in [0.15, 0.2) is 42.6 Å². The molecule has 44 heavy (non-hydrogen) atoms. The molecule has 2 heterocycles. The molecule has 1 saturated heterocycles. The van der Waals surface area contributed by atoms with E-state index in [1.54, 1.807) is 20.8 Å². The summed E-state index contributed by atoms with van der Waals surface area (Å²) in [5.41, 5.74) is 0.517. The molecule has 0 saturated carbocycles. The van der Waals surface area contributed by atoms with E-state index in [9.17, 15) is 24.6 Å². The normalized spacial score (nSPS) is 24.0. The molecule has 1 aliphatic heterocycles. The summed E-state index contributed by atoms with van der Waals surface area (Å²) in [6.07, 6.45) is -4.59. The molecule has 6 atom stereocenters. The highest BCUT2D eigenvalue weighted by Gasteiger charge is 2.41. The molecule has 13 nitrogen and oxygen atoms in total. The van der Waals surface area contributed by atoms with Crippen molar-refractivity contribution in [2.45, 2.75) is 71.9 Å². The van der Waals surface area contributed by atoms with Gasteiger partial charge in [-0.15, -0.1) is 0 Å². The number of esters is 1. The average molecular weight is 619 g/mol. The fourth-order valence-corrected chi connectivity index (χ4v) is 4.42. The van der Waals surface area contributed by atoms with E-state index < -0.39 is 67.3 Å². The molecular formula is C31H42N2O11. The monoisotopic (exact) mass is 618 g/mol. The van der Waals surface area contributed by atoms with Crippen LogP contribution in [0.2, 0.25) is 0 Å². The maximum atomic E-state index is 13.4. The predicted octanol–water partition coefficient (Wildman–Crippen LogP) is 2.86. The number of nitrogens with one attached hydrogen (secondary N) is 1. The standard InChI is InChI=1S/C31H42N2O11/c1-17(2)15-41-31(38)44-26-23(39-6)12-13-32-24(26)27(34)33-22-16-40-29(36)21(14-20-10-8-7-9-11-20)25(19(5)42-30(22)37)43-28(35)18(3)4/h7-13,17-19,21-22,25,29-30,36-37H,14-16H2,1-6H3,(H,33,34)/t19-,21+,22-,25-,29?,30?/m0/s1. The number of aliphatic hydroxyl groups excluding tert-OH is 2. The summed E-state index contributed by atoms with van der Waals surface area (Å²) in [7, 11) is 1.32. The lowest BCUT2D eigenvalue weighted by Gasteiger charge is -2.34. The number of pyridine rings is 1. The fourth-order valence-electron chi connectivity index (χ4n) is 4.42. The van der Waals surface area contributed by atoms with Crippen molar-refractivity contribution >= 4 is 18.0 Å². The molecule has 3 rings (SSSR count). The Balaban J connectivity index is 1.86. The number of hydrogen-bond acceptors (Lipinski definition) is 12. The van der Waals surface area contributed by atoms with Gasteiger partial charge < -0.3 is 44.0 Å². The molecule has 2 unspecified atom stereocenters. The van der Waals surface area contributed by atoms with Gasteiger partial charge in [-0.1, -0.05) is 58.0 Å². The Kier molecular flexibility index (Phi) is 12.9. The first-order chi connectivity index (χ1) is 20.9. The van der Waals surface area contributed by atoms with Crippen LogP contribution in [-0.2, 0) is 30.2 Å². The quantitative estimate of drug-likeness (QED) is 0.333. The number of amides is 1. The zero-order valence-electron chi connectivity index (χ0n) is 25.8. The first-order valence-corrected chi connectivity index (χ1v) is 14.5. The average Bonchev–Trinajstić information content (AvgIpc) is 3.02. The van der Waals surface area contributed by atoms with Gasteiger partial charge in [0.15, 0.2) is 24.0 Å². The molecule has 1 aliphatic rings. The van der Waals surface area contributed by atoms with E-state index in [2.05, 4.69) is 10.3 Å². The van der Waals surface area contributed by atoms with Crippen molar-refractivity contribution in [2.75, 3.05) is 20.3 Å². The van der Waals surface area contributed by atoms with Gasteiger partial charge in [0, 0.05) is 12.3 Å². The van der Waals surface area contributed by atoms with Gasteiger partial charge in [0.25, 0.3) is 5.91 Å². The SMILES string of the molecule is COc1ccnc(C(=O)N[C@H]2COC(O)[C@H](Cc3ccccc3)[C@@H](OC(=O)C(C)C)[C@H](C)OC2O)c1OC(=O)OCC(C)C. The predicted molar refractivity (Wildman–Crippen MR) is 156 cm³/mol. The summed E-state index contributed by atoms with van der Waals surface area (Å²) < 4.78 is 32.9. The Labute approximate surface area is 256 Å². The number of benzene rings is 1. The largest absolute Gasteiger partial charge is 0.514 e. The maximum absolute atomic E-state index is 13.4. The second-order valence-corrected chi connectivity index (χ2v) is 11.2. The molecule has 1 aromatic heterocycles. The van der Waals surface area contributed by atoms with Crippen LogP contribution in [-0.4, -0.2) is 84.4 Å². The molecule has 1 aromatic carbocycles. The molecule has 0 aliphatic carbocycles. The number of methoxy groups -OCH3 is 1. The van der Waals surface area contributed by atoms with E-state index in [1.165, 1.54) is 19.4 Å². The number of rotatable bonds is 10. The Hall–Kier alpha value is -3.78. The van der Waals surface area contributed by atoms with Crippen LogP contribution in [0.1, 0.15) is 50.7 Å². The number of carbonyl (C=O) groups is 3. The third-order valence-corrected chi connectivity index (χ3v) is 6.77. The van der Waals surface area contributed by atoms with Crippen molar-refractivity contribution in [3.05, 3.63) is 53.9 Å². The summed E-state index contributed by atoms with van der Waals surface area (Å²) in [5.74, 6) is -2.83. The van der Waals surface area contributed by atoms with Crippen molar-refractivity contribution in [1.82, 2.24) is 10.3 Å². The molecule has 0 spiro atoms. The van der Waals surface area contributed by atoms with Crippen LogP contribution in [0.3, 0.4) is 0 Å². The summed E-state index contributed by atoms with van der Waals surface area (Å²) in [6, 6.07) is 9.44. The van der Waals surface area contributed by atoms with Gasteiger partial charge in [-0.3, -0.25) is 9.59 Å². The van der Waals surface area contributed by atoms with Crippen LogP contribution >= 0.6 is 0 Å². The molecule has 2 aromatic rings. The fraction of sp³-hybridized carbons (Fsp3) is 0.548. The lowest BCUT2D eigenvalue weighted by Crippen LogP contribution is -2.49. The topological polar surface area (TPSA) is 172 Å². The van der Waals surface area contributed by atoms with Gasteiger partial charge in [-0.05, 0) is 24.8 Å². The smallest absolute Gasteiger partial charge is 0.493 e. The highest BCUT2D eigenvalue weighted by Crippen LogP contribution is 2.31. The molecule has 13 heteroatoms. The van der Waals surface area contributed by atoms with Gasteiger partial charge in [-0.25, -0.2) is 9.78 Å². The van der Waals surface area contributed by atoms with E-state index in [0.29, 0.717) is 0 Å². The summed E-state index contributed by atoms with van der Waals surface area (Å²) in [4.78, 5) is 42.4. The van der Waals surface area contributed by atoms with Crippen molar-refractivity contribution in [1.29, 1.82) is 0 Å². The molecule has 1 fully saturated rings. The van der Waals surface area contributed by atoms with Crippen LogP contribution in [0.4, 0.5) is 4.79 Å². The summed E-state index contributed by atoms with van der Waals surface area (Å²) >= 11 is 0. The highest BCUT2D eigenvalue weighted by atomic mass is 16.7. The Morgan fingerprint density at radius 2 is 1.77 bits per heavy atom. The highest BCUT2D eigenvalue weighted by molar-refractivity contribution is 5.96. The first-order valence-electron chi connectivity index (χ1n) is 14.5. The molecule has 3 N–H and O–H groups in total. The lowest BCUT2D eigenvalue weighted by atomic mass is 9.90. The Morgan fingerprint density at radius 3 is 2.41 bits per heavy atom. The minimum absolute atomic E-state index is 0.0387. The van der Waals surface area contributed by atoms with E-state index in [4.69, 9.17) is 28.4 Å². The lowest BCUT2D eigenvalue weighted by molar-refractivity contribution is -0.201. The van der Waals surface area contributed by atoms with Gasteiger partial charge in [0.05, 0.1) is 38.3 Å². The zero-order chi connectivity index (χ0) is 32.4. The van der Waals surface area contributed by atoms with Gasteiger partial charge in [0.2, 0.25) is 5.75 Å². The van der Waals surface area contributed by atoms with Crippen LogP contribution in [0.25, 0.3) is 0 Å². The number of carbonyl (C=O) groups excluding carboxylic acids is 3. The molecular weight excluding hydrogens is 576 g/mol. The van der Waals surface area contributed by atoms with Crippen LogP contribution in [0, 0.1) is 17.8 Å². The van der Waals surface area contributed by atoms with E-state index >= 15 is 0 Å². The summed E-state index contributed by atoms with van der Waals surface area (Å²) in [6.45, 7) is 8.34. The number of aromatic nitrogens is 1. The molecule has 0 radical (unpaired) electrons. The number of aliphatic hydroxyl groups is 2. The first kappa shape index (κ1) is 34.7. The van der Waals surface area contributed by atoms with Crippen molar-refractivity contribution < 1.29 is 53.0 Å². The van der Waals surface area contributed by atoms with Gasteiger partial charge >= 0.3 is 12.1 Å². The molecule has 1 amide bonds. The summed E-state index contributed by atoms with van der Waals surface area (Å²) in [5, 5.41) is 24.8. The van der Waals surface area contributed by atoms with Crippen LogP contribution < -0.4 is 14.8 Å². The minimum Gasteiger partial charge on any atom is -0.493 e. The van der Waals surface area contributed by atoms with Crippen molar-refractivity contribution in [3.8, 4) is 11.5 Å². The second kappa shape index (κ2) is 16.3. The minimum atomic E-state index is -1.66. The third kappa shape index (κ3) is 9.61. The number of ether oxygens (including phenoxy) is 6. The van der Waals surface area contributed by atoms with Gasteiger partial charge in [-0.2, -0.15) is 0 Å². The van der Waals surface area contributed by atoms with Crippen molar-refractivity contribution in [2.24, 2.45) is 17.8 Å². The molecule has 242 valence electrons. The zero-order valence-corrected chi connectivity index (χ0v) is 25.8. The second-order valence-electron chi connectivity index (χ2n) is 11.2. The van der Waals surface area contributed by atoms with Crippen molar-refractivity contribution in [3.63, 3.8) is 0 Å². The van der Waals surface area contributed by atoms with E-state index in [1.807, 2.05) is 44.2 Å².